The molecule has 1 saturated carbocycles. The summed E-state index contributed by atoms with van der Waals surface area (Å²) in [7, 11) is 0. The standard InChI is InChI=1S/C35H67NO2/c1-4-7-9-11-13-17-21-25-34(38-35(37)33-27-28-36(6-3)30-33)26-22-18-14-16-20-24-32-29-31(32)23-19-15-12-10-8-5-2/h31-34H,4-30H2,1-3H3. The highest BCUT2D eigenvalue weighted by atomic mass is 16.5. The lowest BCUT2D eigenvalue weighted by Gasteiger charge is -2.20. The Bertz CT molecular complexity index is 564. The van der Waals surface area contributed by atoms with Crippen molar-refractivity contribution in [1.29, 1.82) is 0 Å². The largest absolute Gasteiger partial charge is 0.462 e. The quantitative estimate of drug-likeness (QED) is 0.0818. The first-order valence-corrected chi connectivity index (χ1v) is 17.6. The Balaban J connectivity index is 1.52. The van der Waals surface area contributed by atoms with Crippen LogP contribution in [-0.2, 0) is 9.53 Å². The van der Waals surface area contributed by atoms with Crippen molar-refractivity contribution in [3.05, 3.63) is 0 Å². The Kier molecular flexibility index (Phi) is 19.6. The van der Waals surface area contributed by atoms with Crippen LogP contribution in [0.2, 0.25) is 0 Å². The van der Waals surface area contributed by atoms with Crippen LogP contribution in [0.1, 0.15) is 175 Å². The molecule has 4 atom stereocenters. The molecule has 1 aliphatic carbocycles. The van der Waals surface area contributed by atoms with Crippen LogP contribution in [0.3, 0.4) is 0 Å². The summed E-state index contributed by atoms with van der Waals surface area (Å²) in [4.78, 5) is 15.3. The predicted molar refractivity (Wildman–Crippen MR) is 165 cm³/mol. The van der Waals surface area contributed by atoms with E-state index in [4.69, 9.17) is 4.74 Å². The van der Waals surface area contributed by atoms with Crippen LogP contribution in [-0.4, -0.2) is 36.6 Å². The third kappa shape index (κ3) is 15.9. The number of hydrogen-bond acceptors (Lipinski definition) is 3. The van der Waals surface area contributed by atoms with E-state index in [1.165, 1.54) is 135 Å². The lowest BCUT2D eigenvalue weighted by molar-refractivity contribution is -0.154. The minimum Gasteiger partial charge on any atom is -0.462 e. The molecule has 0 amide bonds. The van der Waals surface area contributed by atoms with Gasteiger partial charge in [0, 0.05) is 6.54 Å². The lowest BCUT2D eigenvalue weighted by atomic mass is 10.0. The van der Waals surface area contributed by atoms with E-state index >= 15 is 0 Å². The summed E-state index contributed by atoms with van der Waals surface area (Å²) in [6, 6.07) is 0. The molecule has 4 unspecified atom stereocenters. The molecule has 1 saturated heterocycles. The average Bonchev–Trinajstić information content (AvgIpc) is 3.48. The average molecular weight is 534 g/mol. The first-order chi connectivity index (χ1) is 18.7. The molecule has 0 bridgehead atoms. The first kappa shape index (κ1) is 33.6. The molecule has 3 nitrogen and oxygen atoms in total. The van der Waals surface area contributed by atoms with Crippen LogP contribution in [0.15, 0.2) is 0 Å². The van der Waals surface area contributed by atoms with E-state index < -0.39 is 0 Å². The van der Waals surface area contributed by atoms with Crippen molar-refractivity contribution < 1.29 is 9.53 Å². The van der Waals surface area contributed by atoms with Crippen molar-refractivity contribution in [2.24, 2.45) is 17.8 Å². The van der Waals surface area contributed by atoms with Crippen LogP contribution in [0.5, 0.6) is 0 Å². The molecule has 0 aromatic carbocycles. The molecule has 0 aromatic heterocycles. The Morgan fingerprint density at radius 2 is 1.16 bits per heavy atom. The fourth-order valence-corrected chi connectivity index (χ4v) is 6.68. The maximum absolute atomic E-state index is 12.9. The smallest absolute Gasteiger partial charge is 0.310 e. The molecule has 2 aliphatic rings. The summed E-state index contributed by atoms with van der Waals surface area (Å²) < 4.78 is 6.15. The van der Waals surface area contributed by atoms with Crippen LogP contribution < -0.4 is 0 Å². The van der Waals surface area contributed by atoms with Crippen molar-refractivity contribution in [1.82, 2.24) is 4.90 Å². The SMILES string of the molecule is CCCCCCCCCC(CCCCCCCC1CC1CCCCCCCC)OC(=O)C1CCN(CC)C1. The van der Waals surface area contributed by atoms with Crippen molar-refractivity contribution in [3.8, 4) is 0 Å². The molecule has 224 valence electrons. The normalized spacial score (nSPS) is 22.1. The van der Waals surface area contributed by atoms with Crippen LogP contribution in [0.4, 0.5) is 0 Å². The lowest BCUT2D eigenvalue weighted by Crippen LogP contribution is -2.27. The first-order valence-electron chi connectivity index (χ1n) is 17.6. The molecule has 0 radical (unpaired) electrons. The number of likely N-dealkylation sites (tertiary alicyclic amines) is 1. The van der Waals surface area contributed by atoms with Gasteiger partial charge >= 0.3 is 5.97 Å². The van der Waals surface area contributed by atoms with E-state index in [-0.39, 0.29) is 18.0 Å². The van der Waals surface area contributed by atoms with E-state index in [1.807, 2.05) is 0 Å². The second kappa shape index (κ2) is 22.2. The van der Waals surface area contributed by atoms with Gasteiger partial charge in [0.1, 0.15) is 6.10 Å². The zero-order chi connectivity index (χ0) is 27.3. The van der Waals surface area contributed by atoms with Gasteiger partial charge in [-0.15, -0.1) is 0 Å². The molecule has 1 aliphatic heterocycles. The zero-order valence-electron chi connectivity index (χ0n) is 26.2. The predicted octanol–water partition coefficient (Wildman–Crippen LogP) is 10.5. The van der Waals surface area contributed by atoms with E-state index in [2.05, 4.69) is 25.7 Å². The van der Waals surface area contributed by atoms with Gasteiger partial charge in [-0.2, -0.15) is 0 Å². The highest BCUT2D eigenvalue weighted by Crippen LogP contribution is 2.45. The number of ether oxygens (including phenoxy) is 1. The van der Waals surface area contributed by atoms with Crippen LogP contribution >= 0.6 is 0 Å². The zero-order valence-corrected chi connectivity index (χ0v) is 26.2. The minimum absolute atomic E-state index is 0.0915. The Morgan fingerprint density at radius 1 is 0.684 bits per heavy atom. The van der Waals surface area contributed by atoms with Crippen molar-refractivity contribution in [2.75, 3.05) is 19.6 Å². The summed E-state index contributed by atoms with van der Waals surface area (Å²) in [5, 5.41) is 0. The molecule has 1 heterocycles. The van der Waals surface area contributed by atoms with Gasteiger partial charge in [-0.1, -0.05) is 136 Å². The summed E-state index contributed by atoms with van der Waals surface area (Å²) in [6.45, 7) is 9.78. The summed E-state index contributed by atoms with van der Waals surface area (Å²) in [5.74, 6) is 2.34. The molecule has 0 spiro atoms. The highest BCUT2D eigenvalue weighted by molar-refractivity contribution is 5.73. The van der Waals surface area contributed by atoms with E-state index in [9.17, 15) is 4.79 Å². The number of carbonyl (C=O) groups is 1. The topological polar surface area (TPSA) is 29.5 Å². The van der Waals surface area contributed by atoms with E-state index in [0.29, 0.717) is 0 Å². The van der Waals surface area contributed by atoms with Gasteiger partial charge in [0.2, 0.25) is 0 Å². The van der Waals surface area contributed by atoms with Gasteiger partial charge in [-0.3, -0.25) is 4.79 Å². The number of carbonyl (C=O) groups excluding carboxylic acids is 1. The number of esters is 1. The Morgan fingerprint density at radius 3 is 1.63 bits per heavy atom. The minimum atomic E-state index is 0.0915. The summed E-state index contributed by atoms with van der Waals surface area (Å²) >= 11 is 0. The van der Waals surface area contributed by atoms with Gasteiger partial charge in [0.25, 0.3) is 0 Å². The van der Waals surface area contributed by atoms with E-state index in [1.54, 1.807) is 0 Å². The van der Waals surface area contributed by atoms with Crippen LogP contribution in [0, 0.1) is 17.8 Å². The molecule has 0 N–H and O–H groups in total. The van der Waals surface area contributed by atoms with Gasteiger partial charge in [0.15, 0.2) is 0 Å². The number of nitrogens with zero attached hydrogens (tertiary/aromatic N) is 1. The van der Waals surface area contributed by atoms with Gasteiger partial charge in [0.05, 0.1) is 5.92 Å². The number of rotatable bonds is 26. The molecular formula is C35H67NO2. The number of unbranched alkanes of at least 4 members (excludes halogenated alkanes) is 15. The summed E-state index contributed by atoms with van der Waals surface area (Å²) in [5.41, 5.74) is 0. The maximum Gasteiger partial charge on any atom is 0.310 e. The van der Waals surface area contributed by atoms with E-state index in [0.717, 1.165) is 50.7 Å². The molecule has 38 heavy (non-hydrogen) atoms. The fraction of sp³-hybridized carbons (Fsp3) is 0.971. The monoisotopic (exact) mass is 534 g/mol. The summed E-state index contributed by atoms with van der Waals surface area (Å²) in [6.07, 6.45) is 32.5. The molecule has 0 aromatic rings. The van der Waals surface area contributed by atoms with Crippen molar-refractivity contribution in [3.63, 3.8) is 0 Å². The highest BCUT2D eigenvalue weighted by Gasteiger charge is 2.35. The van der Waals surface area contributed by atoms with Crippen molar-refractivity contribution in [2.45, 2.75) is 181 Å². The molecular weight excluding hydrogens is 466 g/mol. The fourth-order valence-electron chi connectivity index (χ4n) is 6.68. The Labute approximate surface area is 238 Å². The van der Waals surface area contributed by atoms with Gasteiger partial charge in [-0.25, -0.2) is 0 Å². The molecule has 2 fully saturated rings. The Hall–Kier alpha value is -0.570. The second-order valence-corrected chi connectivity index (χ2v) is 13.0. The van der Waals surface area contributed by atoms with Crippen molar-refractivity contribution >= 4 is 5.97 Å². The molecule has 2 rings (SSSR count). The second-order valence-electron chi connectivity index (χ2n) is 13.0. The molecule has 3 heteroatoms. The maximum atomic E-state index is 12.9. The number of hydrogen-bond donors (Lipinski definition) is 0. The third-order valence-corrected chi connectivity index (χ3v) is 9.56. The van der Waals surface area contributed by atoms with Crippen LogP contribution in [0.25, 0.3) is 0 Å². The van der Waals surface area contributed by atoms with Gasteiger partial charge < -0.3 is 9.64 Å². The van der Waals surface area contributed by atoms with Gasteiger partial charge in [-0.05, 0) is 63.5 Å². The third-order valence-electron chi connectivity index (χ3n) is 9.56.